The van der Waals surface area contributed by atoms with Gasteiger partial charge >= 0.3 is 59.1 Å². The summed E-state index contributed by atoms with van der Waals surface area (Å²) in [6, 6.07) is 2.22. The molecule has 16 heavy (non-hydrogen) atoms. The molecule has 0 saturated heterocycles. The quantitative estimate of drug-likeness (QED) is 0.320. The summed E-state index contributed by atoms with van der Waals surface area (Å²) >= 11 is 11.2. The van der Waals surface area contributed by atoms with Crippen LogP contribution in [0.1, 0.15) is 11.1 Å². The maximum absolute atomic E-state index is 10.7. The van der Waals surface area contributed by atoms with Crippen LogP contribution >= 0.6 is 23.2 Å². The second-order valence-corrected chi connectivity index (χ2v) is 3.28. The predicted molar refractivity (Wildman–Crippen MR) is 50.1 cm³/mol. The van der Waals surface area contributed by atoms with Crippen LogP contribution in [0.3, 0.4) is 0 Å². The van der Waals surface area contributed by atoms with Gasteiger partial charge in [-0.2, -0.15) is 0 Å². The topological polar surface area (TPSA) is 93.8 Å². The van der Waals surface area contributed by atoms with Crippen molar-refractivity contribution in [3.63, 3.8) is 0 Å². The Morgan fingerprint density at radius 1 is 0.875 bits per heavy atom. The van der Waals surface area contributed by atoms with Crippen molar-refractivity contribution in [1.82, 2.24) is 0 Å². The molecule has 0 aliphatic heterocycles. The minimum absolute atomic E-state index is 0. The van der Waals surface area contributed by atoms with Gasteiger partial charge in [-0.05, 0) is 23.9 Å². The molecule has 0 amide bonds. The van der Waals surface area contributed by atoms with E-state index in [0.717, 1.165) is 6.07 Å². The van der Waals surface area contributed by atoms with Crippen LogP contribution in [-0.4, -0.2) is 11.8 Å². The normalized spacial score (nSPS) is 8.62. The Morgan fingerprint density at radius 3 is 1.44 bits per heavy atom. The Labute approximate surface area is 147 Å². The van der Waals surface area contributed by atoms with Gasteiger partial charge in [0.05, 0.1) is 10.0 Å². The largest absolute Gasteiger partial charge is 1.00 e. The molecule has 1 rings (SSSR count). The molecule has 8 heteroatoms. The van der Waals surface area contributed by atoms with Crippen molar-refractivity contribution in [2.75, 3.05) is 0 Å². The van der Waals surface area contributed by atoms with Crippen LogP contribution < -0.4 is 69.3 Å². The number of benzene rings is 1. The Bertz CT molecular complexity index is 391. The third-order valence-electron chi connectivity index (χ3n) is 1.55. The average molecular weight is 277 g/mol. The van der Waals surface area contributed by atoms with E-state index in [1.807, 2.05) is 0 Å². The van der Waals surface area contributed by atoms with E-state index < -0.39 is 11.8 Å². The fraction of sp³-hybridized carbons (Fsp3) is 0. The zero-order valence-electron chi connectivity index (χ0n) is 8.73. The van der Waals surface area contributed by atoms with E-state index in [0.29, 0.717) is 0 Å². The second-order valence-electron chi connectivity index (χ2n) is 2.47. The van der Waals surface area contributed by atoms with Crippen LogP contribution in [0.5, 0.6) is 0 Å². The summed E-state index contributed by atoms with van der Waals surface area (Å²) in [5.74, 6) is -2.04. The van der Waals surface area contributed by atoms with Crippen molar-refractivity contribution in [3.05, 3.63) is 33.3 Å². The molecule has 0 aliphatic carbocycles. The smallest absolute Gasteiger partial charge is 0.859 e. The molecular formula is C8H4Cl2N2Na2O2. The first-order chi connectivity index (χ1) is 6.43. The van der Waals surface area contributed by atoms with E-state index in [4.69, 9.17) is 34.0 Å². The standard InChI is InChI=1S/C8H6Cl2N2O2.2Na/c9-5-2-6(10)4(8(12)14)1-3(5)7(11)13;;/h1-2H,(H2,11,13)(H2,12,14);;/q;2*+1/p-2. The molecule has 0 unspecified atom stereocenters. The molecule has 0 heterocycles. The van der Waals surface area contributed by atoms with Gasteiger partial charge in [-0.25, -0.2) is 0 Å². The maximum Gasteiger partial charge on any atom is 1.00 e. The molecule has 1 aromatic carbocycles. The van der Waals surface area contributed by atoms with Gasteiger partial charge < -0.3 is 21.0 Å². The predicted octanol–water partition coefficient (Wildman–Crippen LogP) is -5.63. The summed E-state index contributed by atoms with van der Waals surface area (Å²) in [6.07, 6.45) is 0. The van der Waals surface area contributed by atoms with E-state index in [1.165, 1.54) is 6.07 Å². The van der Waals surface area contributed by atoms with Crippen LogP contribution in [0.25, 0.3) is 0 Å². The summed E-state index contributed by atoms with van der Waals surface area (Å²) in [7, 11) is 0. The first kappa shape index (κ1) is 19.1. The van der Waals surface area contributed by atoms with Gasteiger partial charge in [-0.3, -0.25) is 0 Å². The molecule has 0 aliphatic rings. The summed E-state index contributed by atoms with van der Waals surface area (Å²) in [4.78, 5) is 0. The molecule has 0 radical (unpaired) electrons. The van der Waals surface area contributed by atoms with E-state index in [2.05, 4.69) is 0 Å². The third kappa shape index (κ3) is 4.55. The molecule has 0 fully saturated rings. The van der Waals surface area contributed by atoms with E-state index in [-0.39, 0.29) is 80.3 Å². The second kappa shape index (κ2) is 7.95. The molecule has 0 spiro atoms. The fourth-order valence-corrected chi connectivity index (χ4v) is 1.45. The first-order valence-corrected chi connectivity index (χ1v) is 4.20. The van der Waals surface area contributed by atoms with Crippen LogP contribution in [0.4, 0.5) is 0 Å². The van der Waals surface area contributed by atoms with Crippen molar-refractivity contribution >= 4 is 35.0 Å². The molecule has 0 bridgehead atoms. The van der Waals surface area contributed by atoms with Gasteiger partial charge in [-0.1, -0.05) is 23.2 Å². The van der Waals surface area contributed by atoms with Gasteiger partial charge in [0.15, 0.2) is 0 Å². The van der Waals surface area contributed by atoms with Crippen LogP contribution in [0.2, 0.25) is 10.0 Å². The number of hydrogen-bond donors (Lipinski definition) is 2. The first-order valence-electron chi connectivity index (χ1n) is 3.44. The minimum Gasteiger partial charge on any atom is -0.859 e. The number of hydrogen-bond acceptors (Lipinski definition) is 4. The van der Waals surface area contributed by atoms with E-state index >= 15 is 0 Å². The summed E-state index contributed by atoms with van der Waals surface area (Å²) in [5.41, 5.74) is -0.265. The van der Waals surface area contributed by atoms with Gasteiger partial charge in [0.1, 0.15) is 0 Å². The van der Waals surface area contributed by atoms with Crippen molar-refractivity contribution in [3.8, 4) is 0 Å². The number of nitrogens with one attached hydrogen (secondary N) is 2. The number of rotatable bonds is 2. The monoisotopic (exact) mass is 276 g/mol. The van der Waals surface area contributed by atoms with Crippen LogP contribution in [0, 0.1) is 10.8 Å². The zero-order chi connectivity index (χ0) is 10.9. The van der Waals surface area contributed by atoms with Crippen LogP contribution in [-0.2, 0) is 0 Å². The summed E-state index contributed by atoms with van der Waals surface area (Å²) in [6.45, 7) is 0. The van der Waals surface area contributed by atoms with Crippen molar-refractivity contribution in [1.29, 1.82) is 10.8 Å². The minimum atomic E-state index is -1.02. The average Bonchev–Trinajstić information content (AvgIpc) is 2.02. The maximum atomic E-state index is 10.7. The van der Waals surface area contributed by atoms with Crippen molar-refractivity contribution in [2.24, 2.45) is 0 Å². The fourth-order valence-electron chi connectivity index (χ4n) is 0.897. The van der Waals surface area contributed by atoms with Crippen LogP contribution in [0.15, 0.2) is 12.1 Å². The zero-order valence-corrected chi connectivity index (χ0v) is 14.2. The van der Waals surface area contributed by atoms with E-state index in [9.17, 15) is 10.2 Å². The summed E-state index contributed by atoms with van der Waals surface area (Å²) in [5, 5.41) is 35.1. The molecule has 0 aromatic heterocycles. The SMILES string of the molecule is N=C([O-])c1cc(C(=N)[O-])c(Cl)cc1Cl.[Na+].[Na+]. The van der Waals surface area contributed by atoms with Crippen molar-refractivity contribution in [2.45, 2.75) is 0 Å². The molecule has 0 atom stereocenters. The third-order valence-corrected chi connectivity index (χ3v) is 2.17. The van der Waals surface area contributed by atoms with Gasteiger partial charge in [0, 0.05) is 11.1 Å². The van der Waals surface area contributed by atoms with Crippen molar-refractivity contribution < 1.29 is 69.3 Å². The van der Waals surface area contributed by atoms with Gasteiger partial charge in [0.25, 0.3) is 0 Å². The Balaban J connectivity index is 0. The Morgan fingerprint density at radius 2 is 1.19 bits per heavy atom. The molecule has 2 N–H and O–H groups in total. The molecule has 1 aromatic rings. The van der Waals surface area contributed by atoms with Gasteiger partial charge in [0.2, 0.25) is 0 Å². The molecular weight excluding hydrogens is 273 g/mol. The molecule has 0 saturated carbocycles. The van der Waals surface area contributed by atoms with E-state index in [1.54, 1.807) is 0 Å². The molecule has 4 nitrogen and oxygen atoms in total. The Kier molecular flexibility index (Phi) is 9.48. The van der Waals surface area contributed by atoms with Gasteiger partial charge in [-0.15, -0.1) is 0 Å². The Hall–Kier alpha value is 0.740. The molecule has 74 valence electrons. The number of halogens is 2. The summed E-state index contributed by atoms with van der Waals surface area (Å²) < 4.78 is 0.